The van der Waals surface area contributed by atoms with E-state index in [1.54, 1.807) is 6.07 Å². The van der Waals surface area contributed by atoms with Gasteiger partial charge in [-0.25, -0.2) is 0 Å². The molecule has 1 aromatic rings. The zero-order chi connectivity index (χ0) is 20.2. The molecule has 6 nitrogen and oxygen atoms in total. The van der Waals surface area contributed by atoms with Gasteiger partial charge in [0.05, 0.1) is 11.8 Å². The highest BCUT2D eigenvalue weighted by Crippen LogP contribution is 2.24. The van der Waals surface area contributed by atoms with Crippen molar-refractivity contribution < 1.29 is 32.7 Å². The van der Waals surface area contributed by atoms with Gasteiger partial charge in [0.1, 0.15) is 6.54 Å². The molecule has 148 valence electrons. The first-order valence-corrected chi connectivity index (χ1v) is 8.45. The molecule has 0 aliphatic carbocycles. The van der Waals surface area contributed by atoms with Crippen LogP contribution in [0.2, 0.25) is 0 Å². The third-order valence-electron chi connectivity index (χ3n) is 4.39. The predicted molar refractivity (Wildman–Crippen MR) is 89.8 cm³/mol. The SMILES string of the molecule is Cc1cccc(C[C@H](CNC(=O)[C@H]2CC(=O)N(CC(F)(F)F)C2)C(=O)O)c1. The average Bonchev–Trinajstić information content (AvgIpc) is 2.90. The van der Waals surface area contributed by atoms with Crippen LogP contribution >= 0.6 is 0 Å². The Morgan fingerprint density at radius 2 is 2.07 bits per heavy atom. The van der Waals surface area contributed by atoms with E-state index >= 15 is 0 Å². The number of amides is 2. The van der Waals surface area contributed by atoms with E-state index in [9.17, 15) is 32.7 Å². The molecule has 1 aromatic carbocycles. The summed E-state index contributed by atoms with van der Waals surface area (Å²) in [5.74, 6) is -4.21. The van der Waals surface area contributed by atoms with E-state index in [-0.39, 0.29) is 25.9 Å². The highest BCUT2D eigenvalue weighted by molar-refractivity contribution is 5.89. The van der Waals surface area contributed by atoms with E-state index < -0.39 is 42.3 Å². The molecule has 0 saturated carbocycles. The number of carboxylic acid groups (broad SMARTS) is 1. The van der Waals surface area contributed by atoms with Crippen LogP contribution in [0.5, 0.6) is 0 Å². The highest BCUT2D eigenvalue weighted by atomic mass is 19.4. The quantitative estimate of drug-likeness (QED) is 0.748. The first-order chi connectivity index (χ1) is 12.5. The number of nitrogens with zero attached hydrogens (tertiary/aromatic N) is 1. The van der Waals surface area contributed by atoms with E-state index in [0.717, 1.165) is 11.1 Å². The maximum Gasteiger partial charge on any atom is 0.406 e. The Kier molecular flexibility index (Phi) is 6.45. The molecule has 0 radical (unpaired) electrons. The lowest BCUT2D eigenvalue weighted by Crippen LogP contribution is -2.39. The number of rotatable bonds is 7. The number of nitrogens with one attached hydrogen (secondary N) is 1. The Bertz CT molecular complexity index is 721. The first-order valence-electron chi connectivity index (χ1n) is 8.45. The van der Waals surface area contributed by atoms with Crippen molar-refractivity contribution in [2.45, 2.75) is 25.9 Å². The minimum absolute atomic E-state index is 0.161. The fourth-order valence-electron chi connectivity index (χ4n) is 3.06. The Morgan fingerprint density at radius 3 is 2.67 bits per heavy atom. The van der Waals surface area contributed by atoms with Crippen LogP contribution in [-0.2, 0) is 20.8 Å². The number of benzene rings is 1. The van der Waals surface area contributed by atoms with E-state index in [2.05, 4.69) is 5.32 Å². The standard InChI is InChI=1S/C18H21F3N2O4/c1-11-3-2-4-12(5-11)6-13(17(26)27)8-22-16(25)14-7-15(24)23(9-14)10-18(19,20)21/h2-5,13-14H,6-10H2,1H3,(H,22,25)(H,26,27)/t13-,14+/m1/s1. The third-order valence-corrected chi connectivity index (χ3v) is 4.39. The van der Waals surface area contributed by atoms with Gasteiger partial charge in [-0.1, -0.05) is 29.8 Å². The van der Waals surface area contributed by atoms with Gasteiger partial charge in [-0.15, -0.1) is 0 Å². The number of aliphatic carboxylic acids is 1. The second kappa shape index (κ2) is 8.41. The van der Waals surface area contributed by atoms with Crippen molar-refractivity contribution in [3.8, 4) is 0 Å². The number of carbonyl (C=O) groups is 3. The Morgan fingerprint density at radius 1 is 1.37 bits per heavy atom. The van der Waals surface area contributed by atoms with Crippen LogP contribution in [-0.4, -0.2) is 53.6 Å². The molecule has 1 saturated heterocycles. The van der Waals surface area contributed by atoms with Gasteiger partial charge in [-0.2, -0.15) is 13.2 Å². The summed E-state index contributed by atoms with van der Waals surface area (Å²) < 4.78 is 37.3. The van der Waals surface area contributed by atoms with Gasteiger partial charge in [0.25, 0.3) is 0 Å². The van der Waals surface area contributed by atoms with Crippen LogP contribution in [0.15, 0.2) is 24.3 Å². The molecular formula is C18H21F3N2O4. The van der Waals surface area contributed by atoms with Gasteiger partial charge in [-0.3, -0.25) is 14.4 Å². The number of hydrogen-bond acceptors (Lipinski definition) is 3. The van der Waals surface area contributed by atoms with Gasteiger partial charge < -0.3 is 15.3 Å². The Hall–Kier alpha value is -2.58. The molecule has 2 N–H and O–H groups in total. The van der Waals surface area contributed by atoms with Crippen molar-refractivity contribution in [2.75, 3.05) is 19.6 Å². The largest absolute Gasteiger partial charge is 0.481 e. The predicted octanol–water partition coefficient (Wildman–Crippen LogP) is 1.77. The number of carbonyl (C=O) groups excluding carboxylic acids is 2. The molecule has 0 aromatic heterocycles. The van der Waals surface area contributed by atoms with Crippen LogP contribution in [0.1, 0.15) is 17.5 Å². The molecule has 0 unspecified atom stereocenters. The maximum atomic E-state index is 12.4. The summed E-state index contributed by atoms with van der Waals surface area (Å²) in [6, 6.07) is 7.32. The summed E-state index contributed by atoms with van der Waals surface area (Å²) >= 11 is 0. The summed E-state index contributed by atoms with van der Waals surface area (Å²) in [7, 11) is 0. The second-order valence-corrected chi connectivity index (χ2v) is 6.76. The van der Waals surface area contributed by atoms with E-state index in [1.807, 2.05) is 25.1 Å². The molecular weight excluding hydrogens is 365 g/mol. The molecule has 0 spiro atoms. The number of halogens is 3. The molecule has 1 fully saturated rings. The Labute approximate surface area is 154 Å². The third kappa shape index (κ3) is 6.26. The molecule has 2 atom stereocenters. The normalized spacial score (nSPS) is 18.4. The molecule has 1 aliphatic rings. The zero-order valence-corrected chi connectivity index (χ0v) is 14.8. The van der Waals surface area contributed by atoms with Crippen molar-refractivity contribution in [2.24, 2.45) is 11.8 Å². The van der Waals surface area contributed by atoms with E-state index in [0.29, 0.717) is 4.90 Å². The molecule has 2 rings (SSSR count). The topological polar surface area (TPSA) is 86.7 Å². The van der Waals surface area contributed by atoms with Gasteiger partial charge >= 0.3 is 12.1 Å². The summed E-state index contributed by atoms with van der Waals surface area (Å²) in [5, 5.41) is 11.8. The van der Waals surface area contributed by atoms with Crippen LogP contribution in [0.3, 0.4) is 0 Å². The summed E-state index contributed by atoms with van der Waals surface area (Å²) in [5.41, 5.74) is 1.79. The van der Waals surface area contributed by atoms with Crippen LogP contribution < -0.4 is 5.32 Å². The summed E-state index contributed by atoms with van der Waals surface area (Å²) in [4.78, 5) is 35.9. The van der Waals surface area contributed by atoms with Gasteiger partial charge in [-0.05, 0) is 18.9 Å². The number of hydrogen-bond donors (Lipinski definition) is 2. The van der Waals surface area contributed by atoms with Gasteiger partial charge in [0.2, 0.25) is 11.8 Å². The summed E-state index contributed by atoms with van der Waals surface area (Å²) in [6.45, 7) is 0.0113. The van der Waals surface area contributed by atoms with Crippen molar-refractivity contribution in [1.29, 1.82) is 0 Å². The minimum Gasteiger partial charge on any atom is -0.481 e. The first kappa shape index (κ1) is 20.7. The zero-order valence-electron chi connectivity index (χ0n) is 14.8. The molecule has 1 heterocycles. The van der Waals surface area contributed by atoms with Crippen molar-refractivity contribution >= 4 is 17.8 Å². The fourth-order valence-corrected chi connectivity index (χ4v) is 3.06. The lowest BCUT2D eigenvalue weighted by molar-refractivity contribution is -0.157. The van der Waals surface area contributed by atoms with Crippen molar-refractivity contribution in [3.05, 3.63) is 35.4 Å². The maximum absolute atomic E-state index is 12.4. The molecule has 0 bridgehead atoms. The lowest BCUT2D eigenvalue weighted by atomic mass is 9.97. The monoisotopic (exact) mass is 386 g/mol. The fraction of sp³-hybridized carbons (Fsp3) is 0.500. The van der Waals surface area contributed by atoms with Crippen LogP contribution in [0.4, 0.5) is 13.2 Å². The number of likely N-dealkylation sites (tertiary alicyclic amines) is 1. The molecule has 27 heavy (non-hydrogen) atoms. The van der Waals surface area contributed by atoms with Gasteiger partial charge in [0.15, 0.2) is 0 Å². The number of aryl methyl sites for hydroxylation is 1. The number of alkyl halides is 3. The van der Waals surface area contributed by atoms with E-state index in [1.165, 1.54) is 0 Å². The molecule has 1 aliphatic heterocycles. The highest BCUT2D eigenvalue weighted by Gasteiger charge is 2.40. The van der Waals surface area contributed by atoms with Crippen molar-refractivity contribution in [1.82, 2.24) is 10.2 Å². The van der Waals surface area contributed by atoms with Gasteiger partial charge in [0, 0.05) is 19.5 Å². The summed E-state index contributed by atoms with van der Waals surface area (Å²) in [6.07, 6.45) is -4.62. The van der Waals surface area contributed by atoms with Crippen LogP contribution in [0.25, 0.3) is 0 Å². The molecule has 2 amide bonds. The van der Waals surface area contributed by atoms with E-state index in [4.69, 9.17) is 0 Å². The average molecular weight is 386 g/mol. The number of carboxylic acids is 1. The minimum atomic E-state index is -4.52. The smallest absolute Gasteiger partial charge is 0.406 e. The molecule has 9 heteroatoms. The lowest BCUT2D eigenvalue weighted by Gasteiger charge is -2.19. The second-order valence-electron chi connectivity index (χ2n) is 6.76. The van der Waals surface area contributed by atoms with Crippen molar-refractivity contribution in [3.63, 3.8) is 0 Å². The van der Waals surface area contributed by atoms with Crippen LogP contribution in [0, 0.1) is 18.8 Å². The Balaban J connectivity index is 1.90.